The van der Waals surface area contributed by atoms with Crippen molar-refractivity contribution in [2.24, 2.45) is 0 Å². The van der Waals surface area contributed by atoms with Gasteiger partial charge in [-0.1, -0.05) is 11.6 Å². The second-order valence-electron chi connectivity index (χ2n) is 5.79. The van der Waals surface area contributed by atoms with Gasteiger partial charge in [0.25, 0.3) is 0 Å². The topological polar surface area (TPSA) is 41.5 Å². The summed E-state index contributed by atoms with van der Waals surface area (Å²) in [5, 5.41) is 15.0. The van der Waals surface area contributed by atoms with Crippen molar-refractivity contribution in [3.05, 3.63) is 39.6 Å². The van der Waals surface area contributed by atoms with Crippen LogP contribution in [-0.2, 0) is 4.74 Å². The molecule has 1 saturated heterocycles. The normalized spacial score (nSPS) is 21.8. The fraction of sp³-hybridized carbons (Fsp3) is 0.500. The van der Waals surface area contributed by atoms with Gasteiger partial charge in [0, 0.05) is 30.4 Å². The van der Waals surface area contributed by atoms with E-state index in [2.05, 4.69) is 5.32 Å². The van der Waals surface area contributed by atoms with Crippen LogP contribution < -0.4 is 5.32 Å². The predicted octanol–water partition coefficient (Wildman–Crippen LogP) is 3.38. The van der Waals surface area contributed by atoms with Crippen LogP contribution in [0.5, 0.6) is 0 Å². The number of halogens is 1. The first kappa shape index (κ1) is 13.9. The van der Waals surface area contributed by atoms with Crippen LogP contribution in [0.3, 0.4) is 0 Å². The Morgan fingerprint density at radius 3 is 2.40 bits per heavy atom. The number of aryl methyl sites for hydroxylation is 2. The van der Waals surface area contributed by atoms with Gasteiger partial charge < -0.3 is 15.2 Å². The van der Waals surface area contributed by atoms with Crippen LogP contribution in [-0.4, -0.2) is 30.4 Å². The maximum atomic E-state index is 10.8. The van der Waals surface area contributed by atoms with E-state index in [-0.39, 0.29) is 5.54 Å². The molecule has 2 aliphatic heterocycles. The summed E-state index contributed by atoms with van der Waals surface area (Å²) in [5.41, 5.74) is 4.08. The first-order valence-electron chi connectivity index (χ1n) is 7.06. The number of aliphatic hydroxyl groups is 1. The van der Waals surface area contributed by atoms with Crippen molar-refractivity contribution in [3.63, 3.8) is 0 Å². The molecule has 0 unspecified atom stereocenters. The molecule has 2 heterocycles. The second kappa shape index (κ2) is 5.06. The molecule has 1 aromatic rings. The number of nitrogens with one attached hydrogen (secondary N) is 1. The molecule has 0 aliphatic carbocycles. The van der Waals surface area contributed by atoms with Gasteiger partial charge in [0.1, 0.15) is 5.76 Å². The number of aliphatic hydroxyl groups excluding tert-OH is 1. The second-order valence-corrected chi connectivity index (χ2v) is 6.23. The summed E-state index contributed by atoms with van der Waals surface area (Å²) in [5.74, 6) is 0.495. The van der Waals surface area contributed by atoms with E-state index in [1.54, 1.807) is 0 Å². The Labute approximate surface area is 124 Å². The van der Waals surface area contributed by atoms with Crippen molar-refractivity contribution in [2.75, 3.05) is 19.8 Å². The Morgan fingerprint density at radius 2 is 1.80 bits per heavy atom. The lowest BCUT2D eigenvalue weighted by molar-refractivity contribution is 0.0425. The lowest BCUT2D eigenvalue weighted by Gasteiger charge is -2.33. The van der Waals surface area contributed by atoms with Gasteiger partial charge in [-0.25, -0.2) is 0 Å². The standard InChI is InChI=1S/C16H20ClNO2/c1-10-7-12(17)8-11(2)14(10)13-9-18-16(15(13)19)3-5-20-6-4-16/h7-8,18-19H,3-6,9H2,1-2H3. The van der Waals surface area contributed by atoms with Crippen molar-refractivity contribution in [3.8, 4) is 0 Å². The van der Waals surface area contributed by atoms with E-state index in [1.807, 2.05) is 26.0 Å². The van der Waals surface area contributed by atoms with Gasteiger partial charge in [-0.05, 0) is 55.5 Å². The Bertz CT molecular complexity index is 551. The zero-order chi connectivity index (χ0) is 14.3. The molecule has 1 aromatic carbocycles. The molecule has 3 nitrogen and oxygen atoms in total. The highest BCUT2D eigenvalue weighted by Gasteiger charge is 2.42. The van der Waals surface area contributed by atoms with Gasteiger partial charge in [0.15, 0.2) is 0 Å². The molecule has 0 bridgehead atoms. The molecule has 0 atom stereocenters. The fourth-order valence-corrected chi connectivity index (χ4v) is 3.77. The quantitative estimate of drug-likeness (QED) is 0.834. The van der Waals surface area contributed by atoms with Gasteiger partial charge in [0.2, 0.25) is 0 Å². The highest BCUT2D eigenvalue weighted by atomic mass is 35.5. The van der Waals surface area contributed by atoms with Crippen LogP contribution in [0.15, 0.2) is 17.9 Å². The Hall–Kier alpha value is -1.03. The molecule has 0 amide bonds. The van der Waals surface area contributed by atoms with Crippen LogP contribution in [0, 0.1) is 13.8 Å². The van der Waals surface area contributed by atoms with Crippen molar-refractivity contribution in [1.82, 2.24) is 5.32 Å². The number of hydrogen-bond acceptors (Lipinski definition) is 3. The molecule has 0 radical (unpaired) electrons. The van der Waals surface area contributed by atoms with Gasteiger partial charge >= 0.3 is 0 Å². The van der Waals surface area contributed by atoms with Crippen LogP contribution in [0.1, 0.15) is 29.5 Å². The lowest BCUT2D eigenvalue weighted by Crippen LogP contribution is -2.47. The van der Waals surface area contributed by atoms with E-state index in [9.17, 15) is 5.11 Å². The minimum absolute atomic E-state index is 0.286. The maximum Gasteiger partial charge on any atom is 0.118 e. The Kier molecular flexibility index (Phi) is 3.53. The van der Waals surface area contributed by atoms with Gasteiger partial charge in [-0.2, -0.15) is 0 Å². The molecular weight excluding hydrogens is 274 g/mol. The molecule has 2 aliphatic rings. The Balaban J connectivity index is 2.07. The lowest BCUT2D eigenvalue weighted by atomic mass is 9.87. The van der Waals surface area contributed by atoms with Crippen LogP contribution >= 0.6 is 11.6 Å². The summed E-state index contributed by atoms with van der Waals surface area (Å²) in [4.78, 5) is 0. The fourth-order valence-electron chi connectivity index (χ4n) is 3.44. The highest BCUT2D eigenvalue weighted by molar-refractivity contribution is 6.30. The van der Waals surface area contributed by atoms with E-state index in [0.717, 1.165) is 40.1 Å². The summed E-state index contributed by atoms with van der Waals surface area (Å²) >= 11 is 6.10. The third-order valence-electron chi connectivity index (χ3n) is 4.49. The number of rotatable bonds is 1. The van der Waals surface area contributed by atoms with Crippen LogP contribution in [0.4, 0.5) is 0 Å². The number of benzene rings is 1. The number of hydrogen-bond donors (Lipinski definition) is 2. The highest BCUT2D eigenvalue weighted by Crippen LogP contribution is 2.39. The molecule has 20 heavy (non-hydrogen) atoms. The van der Waals surface area contributed by atoms with Gasteiger partial charge in [0.05, 0.1) is 5.54 Å². The van der Waals surface area contributed by atoms with E-state index in [4.69, 9.17) is 16.3 Å². The molecule has 1 spiro atoms. The van der Waals surface area contributed by atoms with E-state index in [0.29, 0.717) is 25.5 Å². The summed E-state index contributed by atoms with van der Waals surface area (Å²) < 4.78 is 5.42. The van der Waals surface area contributed by atoms with Crippen molar-refractivity contribution in [1.29, 1.82) is 0 Å². The minimum Gasteiger partial charge on any atom is -0.510 e. The molecule has 3 rings (SSSR count). The summed E-state index contributed by atoms with van der Waals surface area (Å²) in [7, 11) is 0. The first-order chi connectivity index (χ1) is 9.53. The van der Waals surface area contributed by atoms with Crippen molar-refractivity contribution >= 4 is 17.2 Å². The molecule has 108 valence electrons. The zero-order valence-corrected chi connectivity index (χ0v) is 12.7. The summed E-state index contributed by atoms with van der Waals surface area (Å²) in [6.45, 7) is 6.19. The van der Waals surface area contributed by atoms with Crippen molar-refractivity contribution in [2.45, 2.75) is 32.2 Å². The van der Waals surface area contributed by atoms with E-state index in [1.165, 1.54) is 0 Å². The maximum absolute atomic E-state index is 10.8. The smallest absolute Gasteiger partial charge is 0.118 e. The van der Waals surface area contributed by atoms with Gasteiger partial charge in [-0.15, -0.1) is 0 Å². The first-order valence-corrected chi connectivity index (χ1v) is 7.44. The molecule has 0 aromatic heterocycles. The largest absolute Gasteiger partial charge is 0.510 e. The zero-order valence-electron chi connectivity index (χ0n) is 11.9. The molecule has 1 fully saturated rings. The van der Waals surface area contributed by atoms with E-state index < -0.39 is 0 Å². The predicted molar refractivity (Wildman–Crippen MR) is 81.3 cm³/mol. The number of ether oxygens (including phenoxy) is 1. The van der Waals surface area contributed by atoms with Crippen molar-refractivity contribution < 1.29 is 9.84 Å². The molecular formula is C16H20ClNO2. The minimum atomic E-state index is -0.286. The molecule has 0 saturated carbocycles. The SMILES string of the molecule is Cc1cc(Cl)cc(C)c1C1=C(O)C2(CCOCC2)NC1. The monoisotopic (exact) mass is 293 g/mol. The average molecular weight is 294 g/mol. The molecule has 2 N–H and O–H groups in total. The average Bonchev–Trinajstić information content (AvgIpc) is 2.68. The summed E-state index contributed by atoms with van der Waals surface area (Å²) in [6, 6.07) is 3.91. The van der Waals surface area contributed by atoms with Gasteiger partial charge in [-0.3, -0.25) is 0 Å². The summed E-state index contributed by atoms with van der Waals surface area (Å²) in [6.07, 6.45) is 1.65. The Morgan fingerprint density at radius 1 is 1.20 bits per heavy atom. The third-order valence-corrected chi connectivity index (χ3v) is 4.71. The third kappa shape index (κ3) is 2.14. The van der Waals surface area contributed by atoms with E-state index >= 15 is 0 Å². The van der Waals surface area contributed by atoms with Crippen LogP contribution in [0.25, 0.3) is 5.57 Å². The van der Waals surface area contributed by atoms with Crippen LogP contribution in [0.2, 0.25) is 5.02 Å². The molecule has 4 heteroatoms.